The molecule has 0 aliphatic carbocycles. The normalized spacial score (nSPS) is 18.3. The van der Waals surface area contributed by atoms with Crippen LogP contribution in [0.2, 0.25) is 0 Å². The predicted molar refractivity (Wildman–Crippen MR) is 48.7 cm³/mol. The molecule has 2 heteroatoms. The molecular formula is C9H12NS. The lowest BCUT2D eigenvalue weighted by Crippen LogP contribution is -2.29. The fraction of sp³-hybridized carbons (Fsp3) is 0.444. The molecule has 0 amide bonds. The average molecular weight is 166 g/mol. The fourth-order valence-corrected chi connectivity index (χ4v) is 2.39. The minimum Gasteiger partial charge on any atom is -0.299 e. The van der Waals surface area contributed by atoms with Crippen LogP contribution in [0.5, 0.6) is 0 Å². The largest absolute Gasteiger partial charge is 0.299 e. The Morgan fingerprint density at radius 2 is 2.55 bits per heavy atom. The second-order valence-electron chi connectivity index (χ2n) is 2.90. The van der Waals surface area contributed by atoms with Crippen LogP contribution in [-0.2, 0) is 13.0 Å². The van der Waals surface area contributed by atoms with Crippen LogP contribution in [0, 0.1) is 6.92 Å². The molecule has 2 rings (SSSR count). The summed E-state index contributed by atoms with van der Waals surface area (Å²) >= 11 is 1.89. The first kappa shape index (κ1) is 7.32. The maximum atomic E-state index is 3.90. The number of rotatable bonds is 1. The first-order valence-electron chi connectivity index (χ1n) is 3.97. The van der Waals surface area contributed by atoms with Crippen LogP contribution >= 0.6 is 11.3 Å². The third kappa shape index (κ3) is 1.33. The molecule has 0 spiro atoms. The highest BCUT2D eigenvalue weighted by molar-refractivity contribution is 7.10. The third-order valence-electron chi connectivity index (χ3n) is 2.20. The Morgan fingerprint density at radius 3 is 3.36 bits per heavy atom. The molecule has 1 aromatic rings. The van der Waals surface area contributed by atoms with Crippen molar-refractivity contribution in [1.82, 2.24) is 4.90 Å². The van der Waals surface area contributed by atoms with E-state index in [1.807, 2.05) is 11.3 Å². The zero-order chi connectivity index (χ0) is 7.68. The maximum Gasteiger partial charge on any atom is 0.0244 e. The summed E-state index contributed by atoms with van der Waals surface area (Å²) in [4.78, 5) is 3.96. The van der Waals surface area contributed by atoms with Crippen molar-refractivity contribution in [2.24, 2.45) is 0 Å². The fourth-order valence-electron chi connectivity index (χ4n) is 1.50. The molecule has 1 aliphatic heterocycles. The number of hydrogen-bond acceptors (Lipinski definition) is 2. The van der Waals surface area contributed by atoms with Crippen LogP contribution in [0.3, 0.4) is 0 Å². The molecule has 1 aromatic heterocycles. The topological polar surface area (TPSA) is 3.24 Å². The summed E-state index contributed by atoms with van der Waals surface area (Å²) < 4.78 is 0. The van der Waals surface area contributed by atoms with Gasteiger partial charge in [0.15, 0.2) is 0 Å². The second kappa shape index (κ2) is 2.95. The Hall–Kier alpha value is -0.340. The molecule has 1 radical (unpaired) electrons. The average Bonchev–Trinajstić information content (AvgIpc) is 2.50. The van der Waals surface area contributed by atoms with Crippen LogP contribution in [0.25, 0.3) is 0 Å². The van der Waals surface area contributed by atoms with E-state index in [1.54, 1.807) is 4.88 Å². The van der Waals surface area contributed by atoms with E-state index in [1.165, 1.54) is 18.5 Å². The molecule has 0 bridgehead atoms. The highest BCUT2D eigenvalue weighted by atomic mass is 32.1. The summed E-state index contributed by atoms with van der Waals surface area (Å²) in [6, 6.07) is 2.24. The van der Waals surface area contributed by atoms with Crippen molar-refractivity contribution in [1.29, 1.82) is 0 Å². The van der Waals surface area contributed by atoms with Gasteiger partial charge < -0.3 is 0 Å². The first-order valence-corrected chi connectivity index (χ1v) is 4.85. The Labute approximate surface area is 71.7 Å². The molecular weight excluding hydrogens is 154 g/mol. The van der Waals surface area contributed by atoms with E-state index in [0.717, 1.165) is 13.1 Å². The molecule has 0 atom stereocenters. The molecule has 0 fully saturated rings. The number of nitrogens with zero attached hydrogens (tertiary/aromatic N) is 1. The molecule has 59 valence electrons. The summed E-state index contributed by atoms with van der Waals surface area (Å²) in [6.07, 6.45) is 1.22. The van der Waals surface area contributed by atoms with Gasteiger partial charge in [-0.15, -0.1) is 11.3 Å². The van der Waals surface area contributed by atoms with Crippen LogP contribution in [-0.4, -0.2) is 18.0 Å². The Morgan fingerprint density at radius 1 is 1.64 bits per heavy atom. The van der Waals surface area contributed by atoms with E-state index in [-0.39, 0.29) is 0 Å². The Balaban J connectivity index is 2.18. The standard InChI is InChI=1S/C9H12NS/c1-2-10-5-3-9-8(7-10)4-6-11-9/h4,6H,1-3,5,7H2. The minimum atomic E-state index is 0.940. The molecule has 2 heterocycles. The van der Waals surface area contributed by atoms with Crippen molar-refractivity contribution in [3.8, 4) is 0 Å². The number of fused-ring (bicyclic) bond motifs is 1. The first-order chi connectivity index (χ1) is 5.40. The summed E-state index contributed by atoms with van der Waals surface area (Å²) in [7, 11) is 0. The number of hydrogen-bond donors (Lipinski definition) is 0. The van der Waals surface area contributed by atoms with Crippen molar-refractivity contribution >= 4 is 11.3 Å². The van der Waals surface area contributed by atoms with E-state index in [2.05, 4.69) is 23.3 Å². The van der Waals surface area contributed by atoms with Gasteiger partial charge in [0.1, 0.15) is 0 Å². The lowest BCUT2D eigenvalue weighted by atomic mass is 10.1. The van der Waals surface area contributed by atoms with Gasteiger partial charge in [0.25, 0.3) is 0 Å². The third-order valence-corrected chi connectivity index (χ3v) is 3.23. The van der Waals surface area contributed by atoms with Crippen molar-refractivity contribution in [3.63, 3.8) is 0 Å². The van der Waals surface area contributed by atoms with Gasteiger partial charge in [0.05, 0.1) is 0 Å². The van der Waals surface area contributed by atoms with Crippen LogP contribution in [0.1, 0.15) is 10.4 Å². The van der Waals surface area contributed by atoms with Crippen molar-refractivity contribution in [2.75, 3.05) is 13.1 Å². The van der Waals surface area contributed by atoms with E-state index in [0.29, 0.717) is 0 Å². The molecule has 0 saturated carbocycles. The van der Waals surface area contributed by atoms with E-state index in [9.17, 15) is 0 Å². The van der Waals surface area contributed by atoms with Gasteiger partial charge in [-0.1, -0.05) is 0 Å². The van der Waals surface area contributed by atoms with Gasteiger partial charge in [-0.25, -0.2) is 0 Å². The van der Waals surface area contributed by atoms with Crippen LogP contribution in [0.15, 0.2) is 11.4 Å². The SMILES string of the molecule is [CH2]CN1CCc2sccc2C1. The summed E-state index contributed by atoms with van der Waals surface area (Å²) in [6.45, 7) is 7.14. The molecule has 0 N–H and O–H groups in total. The van der Waals surface area contributed by atoms with Crippen LogP contribution in [0.4, 0.5) is 0 Å². The monoisotopic (exact) mass is 166 g/mol. The van der Waals surface area contributed by atoms with Crippen molar-refractivity contribution in [3.05, 3.63) is 28.8 Å². The van der Waals surface area contributed by atoms with E-state index in [4.69, 9.17) is 0 Å². The second-order valence-corrected chi connectivity index (χ2v) is 3.90. The molecule has 0 unspecified atom stereocenters. The molecule has 0 aromatic carbocycles. The lowest BCUT2D eigenvalue weighted by molar-refractivity contribution is 0.283. The zero-order valence-electron chi connectivity index (χ0n) is 6.55. The molecule has 1 aliphatic rings. The molecule has 1 nitrogen and oxygen atoms in total. The highest BCUT2D eigenvalue weighted by Gasteiger charge is 2.14. The minimum absolute atomic E-state index is 0.940. The van der Waals surface area contributed by atoms with Gasteiger partial charge >= 0.3 is 0 Å². The highest BCUT2D eigenvalue weighted by Crippen LogP contribution is 2.23. The summed E-state index contributed by atoms with van der Waals surface area (Å²) in [5.41, 5.74) is 1.52. The van der Waals surface area contributed by atoms with Gasteiger partial charge in [-0.2, -0.15) is 0 Å². The quantitative estimate of drug-likeness (QED) is 0.616. The zero-order valence-corrected chi connectivity index (χ0v) is 7.36. The summed E-state index contributed by atoms with van der Waals surface area (Å²) in [5, 5.41) is 2.19. The Bertz CT molecular complexity index is 241. The van der Waals surface area contributed by atoms with Crippen molar-refractivity contribution < 1.29 is 0 Å². The van der Waals surface area contributed by atoms with E-state index < -0.39 is 0 Å². The van der Waals surface area contributed by atoms with Crippen LogP contribution < -0.4 is 0 Å². The van der Waals surface area contributed by atoms with E-state index >= 15 is 0 Å². The Kier molecular flexibility index (Phi) is 1.96. The summed E-state index contributed by atoms with van der Waals surface area (Å²) in [5.74, 6) is 0. The molecule has 11 heavy (non-hydrogen) atoms. The van der Waals surface area contributed by atoms with Gasteiger partial charge in [-0.05, 0) is 36.9 Å². The smallest absolute Gasteiger partial charge is 0.0244 e. The van der Waals surface area contributed by atoms with Gasteiger partial charge in [0.2, 0.25) is 0 Å². The molecule has 0 saturated heterocycles. The van der Waals surface area contributed by atoms with Crippen molar-refractivity contribution in [2.45, 2.75) is 13.0 Å². The van der Waals surface area contributed by atoms with Gasteiger partial charge in [0, 0.05) is 18.0 Å². The maximum absolute atomic E-state index is 3.90. The predicted octanol–water partition coefficient (Wildman–Crippen LogP) is 1.94. The number of thiophene rings is 1. The van der Waals surface area contributed by atoms with Gasteiger partial charge in [-0.3, -0.25) is 4.90 Å². The lowest BCUT2D eigenvalue weighted by Gasteiger charge is -2.24.